The number of hydrogen-bond donors (Lipinski definition) is 3. The van der Waals surface area contributed by atoms with Crippen LogP contribution in [-0.2, 0) is 16.5 Å². The summed E-state index contributed by atoms with van der Waals surface area (Å²) < 4.78 is 46.4. The summed E-state index contributed by atoms with van der Waals surface area (Å²) in [5, 5.41) is 39.5. The Morgan fingerprint density at radius 3 is 2.63 bits per heavy atom. The molecule has 1 aromatic carbocycles. The lowest BCUT2D eigenvalue weighted by atomic mass is 9.87. The van der Waals surface area contributed by atoms with Gasteiger partial charge < -0.3 is 20.1 Å². The van der Waals surface area contributed by atoms with Crippen molar-refractivity contribution >= 4 is 0 Å². The van der Waals surface area contributed by atoms with E-state index in [1.807, 2.05) is 0 Å². The fourth-order valence-corrected chi connectivity index (χ4v) is 3.78. The summed E-state index contributed by atoms with van der Waals surface area (Å²) in [4.78, 5) is 0. The SMILES string of the molecule is N#Cc1ccc(-n2c(O)c3c(c2O)C2(CCO)C=CC3O2)cc1C(F)(F)F. The Bertz CT molecular complexity index is 1020. The molecule has 0 spiro atoms. The third-order valence-electron chi connectivity index (χ3n) is 4.91. The maximum atomic E-state index is 13.2. The van der Waals surface area contributed by atoms with E-state index in [4.69, 9.17) is 10.00 Å². The molecule has 0 aliphatic carbocycles. The lowest BCUT2D eigenvalue weighted by Gasteiger charge is -2.23. The van der Waals surface area contributed by atoms with Crippen molar-refractivity contribution in [3.63, 3.8) is 0 Å². The molecule has 0 saturated heterocycles. The fraction of sp³-hybridized carbons (Fsp3) is 0.278. The van der Waals surface area contributed by atoms with Gasteiger partial charge in [-0.3, -0.25) is 4.57 Å². The van der Waals surface area contributed by atoms with E-state index in [0.717, 1.165) is 10.6 Å². The number of halogens is 3. The average Bonchev–Trinajstić information content (AvgIpc) is 3.24. The van der Waals surface area contributed by atoms with E-state index in [1.165, 1.54) is 12.1 Å². The molecule has 0 saturated carbocycles. The van der Waals surface area contributed by atoms with Gasteiger partial charge in [0.05, 0.1) is 34.0 Å². The Morgan fingerprint density at radius 1 is 1.26 bits per heavy atom. The van der Waals surface area contributed by atoms with E-state index in [1.54, 1.807) is 12.2 Å². The summed E-state index contributed by atoms with van der Waals surface area (Å²) in [7, 11) is 0. The summed E-state index contributed by atoms with van der Waals surface area (Å²) in [6.07, 6.45) is -2.02. The van der Waals surface area contributed by atoms with Gasteiger partial charge in [0.1, 0.15) is 11.7 Å². The number of rotatable bonds is 3. The van der Waals surface area contributed by atoms with Crippen LogP contribution in [0.15, 0.2) is 30.4 Å². The number of aromatic hydroxyl groups is 2. The number of aromatic nitrogens is 1. The topological polar surface area (TPSA) is 98.6 Å². The number of nitrogens with zero attached hydrogens (tertiary/aromatic N) is 2. The Kier molecular flexibility index (Phi) is 3.57. The smallest absolute Gasteiger partial charge is 0.417 e. The molecule has 0 radical (unpaired) electrons. The first kappa shape index (κ1) is 17.5. The zero-order valence-electron chi connectivity index (χ0n) is 13.7. The van der Waals surface area contributed by atoms with Crippen molar-refractivity contribution in [3.05, 3.63) is 52.6 Å². The van der Waals surface area contributed by atoms with Crippen LogP contribution in [-0.4, -0.2) is 26.5 Å². The fourth-order valence-electron chi connectivity index (χ4n) is 3.78. The lowest BCUT2D eigenvalue weighted by Crippen LogP contribution is -2.22. The number of aliphatic hydroxyl groups excluding tert-OH is 1. The Morgan fingerprint density at radius 2 is 2.00 bits per heavy atom. The van der Waals surface area contributed by atoms with E-state index in [0.29, 0.717) is 6.07 Å². The molecule has 4 rings (SSSR count). The number of nitriles is 1. The van der Waals surface area contributed by atoms with Gasteiger partial charge in [-0.2, -0.15) is 18.4 Å². The van der Waals surface area contributed by atoms with Crippen molar-refractivity contribution in [1.29, 1.82) is 5.26 Å². The Balaban J connectivity index is 1.92. The van der Waals surface area contributed by atoms with Crippen molar-refractivity contribution in [2.24, 2.45) is 0 Å². The summed E-state index contributed by atoms with van der Waals surface area (Å²) in [5.74, 6) is -0.921. The van der Waals surface area contributed by atoms with Crippen LogP contribution in [0.4, 0.5) is 13.2 Å². The van der Waals surface area contributed by atoms with Crippen LogP contribution in [0, 0.1) is 11.3 Å². The zero-order chi connectivity index (χ0) is 19.6. The molecule has 3 heterocycles. The van der Waals surface area contributed by atoms with E-state index >= 15 is 0 Å². The van der Waals surface area contributed by atoms with Gasteiger partial charge in [-0.1, -0.05) is 6.08 Å². The molecule has 1 aromatic heterocycles. The molecule has 27 heavy (non-hydrogen) atoms. The van der Waals surface area contributed by atoms with Crippen LogP contribution in [0.25, 0.3) is 5.69 Å². The Labute approximate surface area is 151 Å². The molecular formula is C18H13F3N2O4. The van der Waals surface area contributed by atoms with Gasteiger partial charge >= 0.3 is 6.18 Å². The van der Waals surface area contributed by atoms with E-state index in [9.17, 15) is 28.5 Å². The molecule has 3 N–H and O–H groups in total. The maximum Gasteiger partial charge on any atom is 0.417 e. The number of aliphatic hydroxyl groups is 1. The van der Waals surface area contributed by atoms with Crippen LogP contribution >= 0.6 is 0 Å². The highest BCUT2D eigenvalue weighted by Crippen LogP contribution is 2.59. The van der Waals surface area contributed by atoms with Gasteiger partial charge in [0.25, 0.3) is 0 Å². The van der Waals surface area contributed by atoms with E-state index < -0.39 is 40.8 Å². The number of benzene rings is 1. The number of ether oxygens (including phenoxy) is 1. The molecule has 6 nitrogen and oxygen atoms in total. The minimum absolute atomic E-state index is 0.116. The molecule has 0 amide bonds. The van der Waals surface area contributed by atoms with Gasteiger partial charge in [0, 0.05) is 13.0 Å². The number of hydrogen-bond acceptors (Lipinski definition) is 5. The zero-order valence-corrected chi connectivity index (χ0v) is 13.7. The third kappa shape index (κ3) is 2.27. The van der Waals surface area contributed by atoms with Gasteiger partial charge in [-0.15, -0.1) is 0 Å². The summed E-state index contributed by atoms with van der Waals surface area (Å²) in [6.45, 7) is -0.253. The van der Waals surface area contributed by atoms with Crippen molar-refractivity contribution in [1.82, 2.24) is 4.57 Å². The van der Waals surface area contributed by atoms with Crippen molar-refractivity contribution < 1.29 is 33.2 Å². The predicted octanol–water partition coefficient (Wildman–Crippen LogP) is 3.00. The first-order valence-electron chi connectivity index (χ1n) is 8.00. The van der Waals surface area contributed by atoms with E-state index in [2.05, 4.69) is 0 Å². The maximum absolute atomic E-state index is 13.2. The second kappa shape index (κ2) is 5.52. The first-order valence-corrected chi connectivity index (χ1v) is 8.00. The van der Waals surface area contributed by atoms with E-state index in [-0.39, 0.29) is 29.8 Å². The minimum Gasteiger partial charge on any atom is -0.494 e. The lowest BCUT2D eigenvalue weighted by molar-refractivity contribution is -0.137. The van der Waals surface area contributed by atoms with Gasteiger partial charge in [0.15, 0.2) is 0 Å². The normalized spacial score (nSPS) is 22.9. The summed E-state index contributed by atoms with van der Waals surface area (Å²) >= 11 is 0. The molecule has 2 atom stereocenters. The Hall–Kier alpha value is -2.96. The highest BCUT2D eigenvalue weighted by atomic mass is 19.4. The third-order valence-corrected chi connectivity index (χ3v) is 4.91. The summed E-state index contributed by atoms with van der Waals surface area (Å²) in [6, 6.07) is 4.37. The highest BCUT2D eigenvalue weighted by Gasteiger charge is 2.52. The molecular weight excluding hydrogens is 365 g/mol. The molecule has 9 heteroatoms. The number of alkyl halides is 3. The van der Waals surface area contributed by atoms with Crippen molar-refractivity contribution in [2.45, 2.75) is 24.3 Å². The molecule has 2 aliphatic heterocycles. The van der Waals surface area contributed by atoms with Crippen LogP contribution in [0.1, 0.15) is 34.8 Å². The van der Waals surface area contributed by atoms with Crippen molar-refractivity contribution in [2.75, 3.05) is 6.61 Å². The largest absolute Gasteiger partial charge is 0.494 e. The standard InChI is InChI=1S/C18H13F3N2O4/c19-18(20,21)11-7-10(2-1-9(11)8-22)23-15(25)13-12-3-4-17(27-12,5-6-24)14(13)16(23)26/h1-4,7,12,24-26H,5-6H2. The quantitative estimate of drug-likeness (QED) is 0.714. The van der Waals surface area contributed by atoms with Crippen LogP contribution in [0.2, 0.25) is 0 Å². The second-order valence-electron chi connectivity index (χ2n) is 6.37. The second-order valence-corrected chi connectivity index (χ2v) is 6.37. The van der Waals surface area contributed by atoms with Crippen LogP contribution in [0.5, 0.6) is 11.8 Å². The first-order chi connectivity index (χ1) is 12.7. The molecule has 2 unspecified atom stereocenters. The highest BCUT2D eigenvalue weighted by molar-refractivity contribution is 5.63. The molecule has 2 aliphatic rings. The van der Waals surface area contributed by atoms with Gasteiger partial charge in [-0.25, -0.2) is 0 Å². The number of fused-ring (bicyclic) bond motifs is 5. The molecule has 140 valence electrons. The van der Waals surface area contributed by atoms with Gasteiger partial charge in [0.2, 0.25) is 11.8 Å². The monoisotopic (exact) mass is 378 g/mol. The average molecular weight is 378 g/mol. The van der Waals surface area contributed by atoms with Crippen LogP contribution in [0.3, 0.4) is 0 Å². The minimum atomic E-state index is -4.77. The summed E-state index contributed by atoms with van der Waals surface area (Å²) in [5.41, 5.74) is -2.55. The molecule has 2 bridgehead atoms. The molecule has 2 aromatic rings. The molecule has 0 fully saturated rings. The van der Waals surface area contributed by atoms with Gasteiger partial charge in [-0.05, 0) is 24.3 Å². The van der Waals surface area contributed by atoms with Crippen LogP contribution < -0.4 is 0 Å². The van der Waals surface area contributed by atoms with Crippen molar-refractivity contribution in [3.8, 4) is 23.5 Å². The predicted molar refractivity (Wildman–Crippen MR) is 85.2 cm³/mol.